The number of carbonyl (C=O) groups is 2. The molecule has 3 N–H and O–H groups in total. The molecule has 10 heavy (non-hydrogen) atoms. The van der Waals surface area contributed by atoms with Gasteiger partial charge >= 0.3 is 1.43 Å². The SMILES string of the molecule is CC=CC(=O)NCC(N)=O.[H+]. The van der Waals surface area contributed by atoms with E-state index in [0.717, 1.165) is 0 Å². The zero-order valence-electron chi connectivity index (χ0n) is 6.76. The van der Waals surface area contributed by atoms with Gasteiger partial charge in [0.15, 0.2) is 0 Å². The molecular weight excluding hydrogens is 132 g/mol. The molecule has 0 heterocycles. The largest absolute Gasteiger partial charge is 1.00 e. The lowest BCUT2D eigenvalue weighted by Gasteiger charge is -1.94. The van der Waals surface area contributed by atoms with E-state index in [1.54, 1.807) is 13.0 Å². The minimum atomic E-state index is -0.544. The van der Waals surface area contributed by atoms with E-state index in [1.807, 2.05) is 0 Å². The molecule has 0 aromatic carbocycles. The van der Waals surface area contributed by atoms with Crippen LogP contribution in [0.5, 0.6) is 0 Å². The van der Waals surface area contributed by atoms with Crippen LogP contribution in [0.1, 0.15) is 8.35 Å². The number of nitrogens with one attached hydrogen (secondary N) is 1. The second-order valence-electron chi connectivity index (χ2n) is 1.68. The summed E-state index contributed by atoms with van der Waals surface area (Å²) in [7, 11) is 0. The Balaban J connectivity index is 0. The molecule has 0 rings (SSSR count). The highest BCUT2D eigenvalue weighted by Gasteiger charge is 1.95. The Labute approximate surface area is 60.6 Å². The first-order valence-electron chi connectivity index (χ1n) is 2.85. The van der Waals surface area contributed by atoms with Gasteiger partial charge in [-0.05, 0) is 13.0 Å². The fourth-order valence-corrected chi connectivity index (χ4v) is 0.385. The van der Waals surface area contributed by atoms with Gasteiger partial charge in [0.1, 0.15) is 0 Å². The van der Waals surface area contributed by atoms with E-state index in [2.05, 4.69) is 5.32 Å². The Morgan fingerprint density at radius 1 is 1.70 bits per heavy atom. The Bertz CT molecular complexity index is 168. The molecule has 0 aromatic heterocycles. The van der Waals surface area contributed by atoms with Crippen molar-refractivity contribution in [2.45, 2.75) is 6.92 Å². The first kappa shape index (κ1) is 8.68. The van der Waals surface area contributed by atoms with Crippen LogP contribution in [-0.2, 0) is 9.59 Å². The highest BCUT2D eigenvalue weighted by atomic mass is 16.2. The van der Waals surface area contributed by atoms with Gasteiger partial charge in [0, 0.05) is 0 Å². The van der Waals surface area contributed by atoms with Crippen molar-refractivity contribution in [1.29, 1.82) is 0 Å². The van der Waals surface area contributed by atoms with E-state index in [-0.39, 0.29) is 13.9 Å². The third-order valence-corrected chi connectivity index (χ3v) is 0.755. The molecular formula is C6H11N2O2+. The van der Waals surface area contributed by atoms with Crippen LogP contribution < -0.4 is 11.1 Å². The number of hydrogen-bond acceptors (Lipinski definition) is 2. The molecule has 0 spiro atoms. The van der Waals surface area contributed by atoms with Gasteiger partial charge in [-0.25, -0.2) is 0 Å². The Hall–Kier alpha value is -1.32. The van der Waals surface area contributed by atoms with E-state index in [1.165, 1.54) is 6.08 Å². The summed E-state index contributed by atoms with van der Waals surface area (Å²) >= 11 is 0. The summed E-state index contributed by atoms with van der Waals surface area (Å²) in [6, 6.07) is 0. The molecule has 0 saturated carbocycles. The fourth-order valence-electron chi connectivity index (χ4n) is 0.385. The molecule has 2 amide bonds. The molecule has 0 aliphatic rings. The third-order valence-electron chi connectivity index (χ3n) is 0.755. The maximum Gasteiger partial charge on any atom is 1.00 e. The van der Waals surface area contributed by atoms with Gasteiger partial charge in [0.25, 0.3) is 0 Å². The average Bonchev–Trinajstić information content (AvgIpc) is 1.85. The predicted octanol–water partition coefficient (Wildman–Crippen LogP) is -0.724. The minimum Gasteiger partial charge on any atom is -0.368 e. The molecule has 56 valence electrons. The maximum absolute atomic E-state index is 10.5. The number of amides is 2. The van der Waals surface area contributed by atoms with Gasteiger partial charge < -0.3 is 11.1 Å². The van der Waals surface area contributed by atoms with E-state index in [0.29, 0.717) is 0 Å². The molecule has 0 aliphatic carbocycles. The van der Waals surface area contributed by atoms with Gasteiger partial charge in [0.05, 0.1) is 6.54 Å². The molecule has 0 unspecified atom stereocenters. The highest BCUT2D eigenvalue weighted by Crippen LogP contribution is 1.69. The van der Waals surface area contributed by atoms with Gasteiger partial charge in [-0.1, -0.05) is 6.08 Å². The standard InChI is InChI=1S/C6H10N2O2/c1-2-3-6(10)8-4-5(7)9/h2-3H,4H2,1H3,(H2,7,9)(H,8,10)/p+1. The van der Waals surface area contributed by atoms with Gasteiger partial charge in [-0.2, -0.15) is 0 Å². The van der Waals surface area contributed by atoms with E-state index >= 15 is 0 Å². The number of rotatable bonds is 3. The summed E-state index contributed by atoms with van der Waals surface area (Å²) in [4.78, 5) is 20.6. The van der Waals surface area contributed by atoms with Gasteiger partial charge in [-0.15, -0.1) is 0 Å². The number of primary amides is 1. The molecule has 4 heteroatoms. The van der Waals surface area contributed by atoms with Crippen molar-refractivity contribution in [1.82, 2.24) is 5.32 Å². The van der Waals surface area contributed by atoms with Crippen LogP contribution in [0.2, 0.25) is 0 Å². The summed E-state index contributed by atoms with van der Waals surface area (Å²) in [6.07, 6.45) is 2.90. The van der Waals surface area contributed by atoms with E-state index in [9.17, 15) is 9.59 Å². The van der Waals surface area contributed by atoms with Crippen LogP contribution in [-0.4, -0.2) is 18.4 Å². The summed E-state index contributed by atoms with van der Waals surface area (Å²) in [5, 5.41) is 2.28. The molecule has 0 atom stereocenters. The van der Waals surface area contributed by atoms with Crippen LogP contribution in [0.3, 0.4) is 0 Å². The molecule has 0 aliphatic heterocycles. The van der Waals surface area contributed by atoms with Crippen molar-refractivity contribution in [3.05, 3.63) is 12.2 Å². The minimum absolute atomic E-state index is 0. The summed E-state index contributed by atoms with van der Waals surface area (Å²) in [6.45, 7) is 1.60. The van der Waals surface area contributed by atoms with Crippen LogP contribution in [0, 0.1) is 0 Å². The quantitative estimate of drug-likeness (QED) is 0.511. The Kier molecular flexibility index (Phi) is 3.95. The van der Waals surface area contributed by atoms with Crippen molar-refractivity contribution < 1.29 is 11.0 Å². The fraction of sp³-hybridized carbons (Fsp3) is 0.333. The third kappa shape index (κ3) is 4.83. The topological polar surface area (TPSA) is 72.2 Å². The smallest absolute Gasteiger partial charge is 0.368 e. The summed E-state index contributed by atoms with van der Waals surface area (Å²) in [5.41, 5.74) is 4.76. The zero-order chi connectivity index (χ0) is 7.98. The molecule has 0 fully saturated rings. The van der Waals surface area contributed by atoms with Crippen LogP contribution in [0.15, 0.2) is 12.2 Å². The normalized spacial score (nSPS) is 9.70. The number of nitrogens with two attached hydrogens (primary N) is 1. The van der Waals surface area contributed by atoms with Crippen molar-refractivity contribution in [3.8, 4) is 0 Å². The van der Waals surface area contributed by atoms with Gasteiger partial charge in [0.2, 0.25) is 11.8 Å². The number of allylic oxidation sites excluding steroid dienone is 1. The summed E-state index contributed by atoms with van der Waals surface area (Å²) < 4.78 is 0. The van der Waals surface area contributed by atoms with Crippen molar-refractivity contribution in [2.75, 3.05) is 6.54 Å². The van der Waals surface area contributed by atoms with Crippen molar-refractivity contribution in [2.24, 2.45) is 5.73 Å². The lowest BCUT2D eigenvalue weighted by molar-refractivity contribution is -0.122. The number of carbonyl (C=O) groups excluding carboxylic acids is 2. The monoisotopic (exact) mass is 143 g/mol. The molecule has 0 saturated heterocycles. The van der Waals surface area contributed by atoms with Crippen LogP contribution >= 0.6 is 0 Å². The maximum atomic E-state index is 10.5. The predicted molar refractivity (Wildman–Crippen MR) is 38.1 cm³/mol. The molecule has 0 bridgehead atoms. The van der Waals surface area contributed by atoms with Crippen LogP contribution in [0.4, 0.5) is 0 Å². The summed E-state index contributed by atoms with van der Waals surface area (Å²) in [5.74, 6) is -0.848. The van der Waals surface area contributed by atoms with Crippen LogP contribution in [0.25, 0.3) is 0 Å². The van der Waals surface area contributed by atoms with Gasteiger partial charge in [-0.3, -0.25) is 9.59 Å². The second-order valence-corrected chi connectivity index (χ2v) is 1.68. The first-order valence-corrected chi connectivity index (χ1v) is 2.85. The lowest BCUT2D eigenvalue weighted by Crippen LogP contribution is -2.32. The first-order chi connectivity index (χ1) is 4.66. The average molecular weight is 143 g/mol. The highest BCUT2D eigenvalue weighted by molar-refractivity contribution is 5.90. The molecule has 0 radical (unpaired) electrons. The Morgan fingerprint density at radius 2 is 2.30 bits per heavy atom. The second kappa shape index (κ2) is 4.55. The molecule has 0 aromatic rings. The lowest BCUT2D eigenvalue weighted by atomic mass is 10.5. The van der Waals surface area contributed by atoms with E-state index < -0.39 is 5.91 Å². The molecule has 4 nitrogen and oxygen atoms in total. The zero-order valence-corrected chi connectivity index (χ0v) is 5.76. The van der Waals surface area contributed by atoms with E-state index in [4.69, 9.17) is 5.73 Å². The Morgan fingerprint density at radius 3 is 2.70 bits per heavy atom. The van der Waals surface area contributed by atoms with Crippen molar-refractivity contribution in [3.63, 3.8) is 0 Å². The number of hydrogen-bond donors (Lipinski definition) is 2. The van der Waals surface area contributed by atoms with Crippen molar-refractivity contribution >= 4 is 11.8 Å².